The van der Waals surface area contributed by atoms with E-state index in [1.54, 1.807) is 0 Å². The molecule has 0 saturated carbocycles. The SMILES string of the molecule is CCCSC(CC)(OC(CC)(SCCC)SCCC)SCCC. The summed E-state index contributed by atoms with van der Waals surface area (Å²) in [4.78, 5) is 0. The average Bonchev–Trinajstić information content (AvgIpc) is 2.60. The number of ether oxygens (including phenoxy) is 1. The second-order valence-electron chi connectivity index (χ2n) is 5.57. The second-order valence-corrected chi connectivity index (χ2v) is 11.5. The Kier molecular flexibility index (Phi) is 15.4. The van der Waals surface area contributed by atoms with Gasteiger partial charge in [0.05, 0.1) is 0 Å². The van der Waals surface area contributed by atoms with Gasteiger partial charge in [-0.1, -0.05) is 41.5 Å². The normalized spacial score (nSPS) is 12.8. The molecule has 0 saturated heterocycles. The molecule has 5 heteroatoms. The summed E-state index contributed by atoms with van der Waals surface area (Å²) in [5.41, 5.74) is 0. The van der Waals surface area contributed by atoms with Crippen molar-refractivity contribution in [3.05, 3.63) is 0 Å². The first-order valence-corrected chi connectivity index (χ1v) is 13.3. The van der Waals surface area contributed by atoms with Gasteiger partial charge in [-0.3, -0.25) is 0 Å². The van der Waals surface area contributed by atoms with Gasteiger partial charge >= 0.3 is 0 Å². The highest BCUT2D eigenvalue weighted by Crippen LogP contribution is 2.52. The van der Waals surface area contributed by atoms with E-state index in [1.807, 2.05) is 47.0 Å². The molecule has 0 aliphatic heterocycles. The molecule has 0 rings (SSSR count). The molecular formula is C18H38OS4. The van der Waals surface area contributed by atoms with Crippen molar-refractivity contribution in [1.82, 2.24) is 0 Å². The first-order valence-electron chi connectivity index (χ1n) is 9.33. The first-order chi connectivity index (χ1) is 11.1. The summed E-state index contributed by atoms with van der Waals surface area (Å²) < 4.78 is 6.82. The Morgan fingerprint density at radius 2 is 0.783 bits per heavy atom. The van der Waals surface area contributed by atoms with Gasteiger partial charge in [-0.15, -0.1) is 47.0 Å². The minimum absolute atomic E-state index is 0.0798. The summed E-state index contributed by atoms with van der Waals surface area (Å²) in [5.74, 6) is 4.73. The Labute approximate surface area is 163 Å². The fourth-order valence-electron chi connectivity index (χ4n) is 2.02. The van der Waals surface area contributed by atoms with Gasteiger partial charge < -0.3 is 4.74 Å². The largest absolute Gasteiger partial charge is 0.328 e. The molecule has 0 aromatic carbocycles. The van der Waals surface area contributed by atoms with E-state index in [1.165, 1.54) is 48.7 Å². The average molecular weight is 399 g/mol. The van der Waals surface area contributed by atoms with Crippen LogP contribution in [0.25, 0.3) is 0 Å². The minimum atomic E-state index is -0.0798. The van der Waals surface area contributed by atoms with Gasteiger partial charge in [-0.05, 0) is 61.5 Å². The lowest BCUT2D eigenvalue weighted by Gasteiger charge is -2.42. The Balaban J connectivity index is 5.24. The van der Waals surface area contributed by atoms with E-state index in [-0.39, 0.29) is 8.53 Å². The third kappa shape index (κ3) is 9.58. The van der Waals surface area contributed by atoms with E-state index in [2.05, 4.69) is 41.5 Å². The molecule has 0 aliphatic rings. The first kappa shape index (κ1) is 24.4. The molecular weight excluding hydrogens is 360 g/mol. The lowest BCUT2D eigenvalue weighted by Crippen LogP contribution is -2.37. The molecule has 0 radical (unpaired) electrons. The predicted molar refractivity (Wildman–Crippen MR) is 118 cm³/mol. The van der Waals surface area contributed by atoms with Crippen LogP contribution in [0.4, 0.5) is 0 Å². The van der Waals surface area contributed by atoms with E-state index < -0.39 is 0 Å². The van der Waals surface area contributed by atoms with Crippen molar-refractivity contribution in [2.24, 2.45) is 0 Å². The molecule has 23 heavy (non-hydrogen) atoms. The maximum absolute atomic E-state index is 6.98. The number of rotatable bonds is 16. The maximum Gasteiger partial charge on any atom is 0.163 e. The van der Waals surface area contributed by atoms with Gasteiger partial charge in [0.25, 0.3) is 0 Å². The van der Waals surface area contributed by atoms with Crippen LogP contribution < -0.4 is 0 Å². The van der Waals surface area contributed by atoms with Crippen LogP contribution in [-0.2, 0) is 4.74 Å². The summed E-state index contributed by atoms with van der Waals surface area (Å²) in [6.07, 6.45) is 7.00. The smallest absolute Gasteiger partial charge is 0.163 e. The second kappa shape index (κ2) is 14.5. The third-order valence-corrected chi connectivity index (χ3v) is 10.4. The molecule has 1 nitrogen and oxygen atoms in total. The fraction of sp³-hybridized carbons (Fsp3) is 1.00. The molecule has 0 atom stereocenters. The summed E-state index contributed by atoms with van der Waals surface area (Å²) in [5, 5.41) is 0. The zero-order valence-corrected chi connectivity index (χ0v) is 19.4. The molecule has 140 valence electrons. The molecule has 0 fully saturated rings. The van der Waals surface area contributed by atoms with E-state index in [4.69, 9.17) is 4.74 Å². The molecule has 0 aromatic heterocycles. The topological polar surface area (TPSA) is 9.23 Å². The Morgan fingerprint density at radius 1 is 0.522 bits per heavy atom. The van der Waals surface area contributed by atoms with E-state index in [0.717, 1.165) is 12.8 Å². The van der Waals surface area contributed by atoms with Gasteiger partial charge in [-0.2, -0.15) is 0 Å². The Bertz CT molecular complexity index is 232. The fourth-order valence-corrected chi connectivity index (χ4v) is 7.58. The van der Waals surface area contributed by atoms with Crippen LogP contribution in [0.15, 0.2) is 0 Å². The molecule has 0 bridgehead atoms. The van der Waals surface area contributed by atoms with E-state index in [9.17, 15) is 0 Å². The van der Waals surface area contributed by atoms with Gasteiger partial charge in [0.15, 0.2) is 8.53 Å². The maximum atomic E-state index is 6.98. The molecule has 0 heterocycles. The monoisotopic (exact) mass is 398 g/mol. The minimum Gasteiger partial charge on any atom is -0.328 e. The Hall–Kier alpha value is 1.36. The zero-order chi connectivity index (χ0) is 17.6. The number of hydrogen-bond acceptors (Lipinski definition) is 5. The zero-order valence-electron chi connectivity index (χ0n) is 16.1. The van der Waals surface area contributed by atoms with Crippen molar-refractivity contribution in [3.63, 3.8) is 0 Å². The van der Waals surface area contributed by atoms with Crippen LogP contribution in [0.2, 0.25) is 0 Å². The molecule has 0 amide bonds. The summed E-state index contributed by atoms with van der Waals surface area (Å²) in [6, 6.07) is 0. The van der Waals surface area contributed by atoms with E-state index >= 15 is 0 Å². The quantitative estimate of drug-likeness (QED) is 0.245. The van der Waals surface area contributed by atoms with Gasteiger partial charge in [-0.25, -0.2) is 0 Å². The highest BCUT2D eigenvalue weighted by Gasteiger charge is 2.41. The molecule has 0 spiro atoms. The number of hydrogen-bond donors (Lipinski definition) is 0. The van der Waals surface area contributed by atoms with Gasteiger partial charge in [0.2, 0.25) is 0 Å². The Morgan fingerprint density at radius 3 is 0.957 bits per heavy atom. The summed E-state index contributed by atoms with van der Waals surface area (Å²) in [6.45, 7) is 13.7. The lowest BCUT2D eigenvalue weighted by molar-refractivity contribution is 0.0439. The summed E-state index contributed by atoms with van der Waals surface area (Å²) >= 11 is 8.13. The van der Waals surface area contributed by atoms with Crippen LogP contribution in [-0.4, -0.2) is 31.5 Å². The predicted octanol–water partition coefficient (Wildman–Crippen LogP) is 7.70. The van der Waals surface area contributed by atoms with Gasteiger partial charge in [0, 0.05) is 0 Å². The van der Waals surface area contributed by atoms with Crippen molar-refractivity contribution in [3.8, 4) is 0 Å². The van der Waals surface area contributed by atoms with Crippen molar-refractivity contribution >= 4 is 47.0 Å². The summed E-state index contributed by atoms with van der Waals surface area (Å²) in [7, 11) is 0. The van der Waals surface area contributed by atoms with Crippen LogP contribution in [0.3, 0.4) is 0 Å². The van der Waals surface area contributed by atoms with Crippen LogP contribution in [0.1, 0.15) is 80.1 Å². The molecule has 0 N–H and O–H groups in total. The van der Waals surface area contributed by atoms with E-state index in [0.29, 0.717) is 0 Å². The standard InChI is InChI=1S/C18H38OS4/c1-7-13-20-17(11-5,21-14-8-2)19-18(12-6,22-15-9-3)23-16-10-4/h7-16H2,1-6H3. The lowest BCUT2D eigenvalue weighted by atomic mass is 10.5. The van der Waals surface area contributed by atoms with Crippen molar-refractivity contribution in [2.45, 2.75) is 88.6 Å². The van der Waals surface area contributed by atoms with Gasteiger partial charge in [0.1, 0.15) is 0 Å². The highest BCUT2D eigenvalue weighted by atomic mass is 32.2. The molecule has 0 aromatic rings. The molecule has 0 unspecified atom stereocenters. The van der Waals surface area contributed by atoms with Crippen molar-refractivity contribution < 1.29 is 4.74 Å². The van der Waals surface area contributed by atoms with Crippen LogP contribution in [0, 0.1) is 0 Å². The third-order valence-electron chi connectivity index (χ3n) is 3.28. The highest BCUT2D eigenvalue weighted by molar-refractivity contribution is 8.19. The van der Waals surface area contributed by atoms with Crippen LogP contribution in [0.5, 0.6) is 0 Å². The molecule has 0 aliphatic carbocycles. The van der Waals surface area contributed by atoms with Crippen LogP contribution >= 0.6 is 47.0 Å². The number of thioether (sulfide) groups is 4. The van der Waals surface area contributed by atoms with Crippen molar-refractivity contribution in [1.29, 1.82) is 0 Å². The van der Waals surface area contributed by atoms with Crippen molar-refractivity contribution in [2.75, 3.05) is 23.0 Å².